The lowest BCUT2D eigenvalue weighted by Gasteiger charge is -2.25. The van der Waals surface area contributed by atoms with E-state index in [9.17, 15) is 5.11 Å². The summed E-state index contributed by atoms with van der Waals surface area (Å²) >= 11 is 0. The van der Waals surface area contributed by atoms with Crippen molar-refractivity contribution in [2.75, 3.05) is 131 Å². The molecule has 10 heteroatoms. The molecule has 1 aliphatic rings. The Morgan fingerprint density at radius 1 is 0.579 bits per heavy atom. The van der Waals surface area contributed by atoms with Crippen LogP contribution in [-0.4, -0.2) is 161 Å². The van der Waals surface area contributed by atoms with Crippen LogP contribution in [-0.2, 0) is 4.74 Å². The van der Waals surface area contributed by atoms with E-state index in [1.807, 2.05) is 0 Å². The molecule has 230 valence electrons. The molecule has 1 heterocycles. The van der Waals surface area contributed by atoms with Gasteiger partial charge in [-0.25, -0.2) is 0 Å². The topological polar surface area (TPSA) is 119 Å². The molecule has 0 aromatic rings. The zero-order chi connectivity index (χ0) is 28.5. The molecule has 1 aliphatic heterocycles. The molecule has 1 rings (SSSR count). The van der Waals surface area contributed by atoms with Crippen molar-refractivity contribution in [1.82, 2.24) is 30.7 Å². The minimum Gasteiger partial charge on any atom is -0.395 e. The Kier molecular flexibility index (Phi) is 36.0. The zero-order valence-electron chi connectivity index (χ0n) is 25.3. The SMILES string of the molecule is C1CO1.CCN(CCO)CCCN(CCO)CCCN(CC)CCO.[CH2+]CNCCCNCCCNCC. The number of hydrogen-bond acceptors (Lipinski definition) is 10. The van der Waals surface area contributed by atoms with Gasteiger partial charge in [0.05, 0.1) is 40.0 Å². The van der Waals surface area contributed by atoms with E-state index in [-0.39, 0.29) is 19.8 Å². The predicted octanol–water partition coefficient (Wildman–Crippen LogP) is 0.0953. The van der Waals surface area contributed by atoms with Crippen molar-refractivity contribution < 1.29 is 20.1 Å². The van der Waals surface area contributed by atoms with Crippen molar-refractivity contribution in [3.05, 3.63) is 6.92 Å². The number of aliphatic hydroxyl groups is 3. The van der Waals surface area contributed by atoms with E-state index in [4.69, 9.17) is 10.2 Å². The summed E-state index contributed by atoms with van der Waals surface area (Å²) < 4.78 is 4.50. The Bertz CT molecular complexity index is 392. The molecule has 0 unspecified atom stereocenters. The minimum atomic E-state index is 0.197. The number of likely N-dealkylation sites (N-methyl/N-ethyl adjacent to an activating group) is 2. The number of aliphatic hydroxyl groups excluding tert-OH is 3. The van der Waals surface area contributed by atoms with Gasteiger partial charge in [0.1, 0.15) is 6.54 Å². The van der Waals surface area contributed by atoms with Gasteiger partial charge in [-0.15, -0.1) is 0 Å². The largest absolute Gasteiger partial charge is 0.395 e. The minimum absolute atomic E-state index is 0.197. The van der Waals surface area contributed by atoms with Gasteiger partial charge in [0, 0.05) is 26.2 Å². The Morgan fingerprint density at radius 2 is 0.974 bits per heavy atom. The van der Waals surface area contributed by atoms with Crippen LogP contribution in [0.3, 0.4) is 0 Å². The van der Waals surface area contributed by atoms with Crippen LogP contribution in [0.4, 0.5) is 0 Å². The van der Waals surface area contributed by atoms with Gasteiger partial charge in [0.15, 0.2) is 0 Å². The molecular weight excluding hydrogens is 484 g/mol. The highest BCUT2D eigenvalue weighted by molar-refractivity contribution is 4.63. The summed E-state index contributed by atoms with van der Waals surface area (Å²) in [6.45, 7) is 27.1. The Morgan fingerprint density at radius 3 is 1.34 bits per heavy atom. The van der Waals surface area contributed by atoms with Crippen LogP contribution < -0.4 is 16.0 Å². The van der Waals surface area contributed by atoms with Gasteiger partial charge in [-0.1, -0.05) is 20.8 Å². The van der Waals surface area contributed by atoms with Crippen molar-refractivity contribution in [3.8, 4) is 0 Å². The standard InChI is InChI=1S/C16H37N3O3.C10H24N3.C2H4O/c1-3-17(11-14-20)7-5-9-19(13-16-22)10-6-8-18(4-2)12-15-21;1-3-11-7-5-9-13-10-6-8-12-4-2;1-2-3-1/h20-22H,3-16H2,1-2H3;11-13H,1,3-10H2,2H3;1-2H2/q;+1;. The van der Waals surface area contributed by atoms with Crippen molar-refractivity contribution in [3.63, 3.8) is 0 Å². The molecule has 0 aromatic heterocycles. The number of nitrogens with one attached hydrogen (secondary N) is 3. The second-order valence-corrected chi connectivity index (χ2v) is 9.26. The van der Waals surface area contributed by atoms with Crippen molar-refractivity contribution in [1.29, 1.82) is 0 Å². The third-order valence-corrected chi connectivity index (χ3v) is 6.09. The van der Waals surface area contributed by atoms with Crippen LogP contribution >= 0.6 is 0 Å². The molecule has 1 saturated heterocycles. The maximum absolute atomic E-state index is 9.19. The quantitative estimate of drug-likeness (QED) is 0.0504. The average molecular weight is 550 g/mol. The van der Waals surface area contributed by atoms with E-state index in [1.165, 1.54) is 12.8 Å². The van der Waals surface area contributed by atoms with Crippen LogP contribution in [0.2, 0.25) is 0 Å². The number of epoxide rings is 1. The fourth-order valence-electron chi connectivity index (χ4n) is 3.76. The molecule has 6 N–H and O–H groups in total. The summed E-state index contributed by atoms with van der Waals surface area (Å²) in [5.74, 6) is 0. The number of nitrogens with zero attached hydrogens (tertiary/aromatic N) is 3. The maximum atomic E-state index is 9.19. The smallest absolute Gasteiger partial charge is 0.136 e. The molecule has 0 aliphatic carbocycles. The van der Waals surface area contributed by atoms with E-state index in [0.29, 0.717) is 0 Å². The molecule has 0 aromatic carbocycles. The first kappa shape index (κ1) is 39.6. The van der Waals surface area contributed by atoms with Crippen LogP contribution in [0.5, 0.6) is 0 Å². The third-order valence-electron chi connectivity index (χ3n) is 6.09. The molecule has 38 heavy (non-hydrogen) atoms. The second-order valence-electron chi connectivity index (χ2n) is 9.26. The lowest BCUT2D eigenvalue weighted by molar-refractivity contribution is 0.160. The molecule has 10 nitrogen and oxygen atoms in total. The number of hydrogen-bond donors (Lipinski definition) is 6. The van der Waals surface area contributed by atoms with Gasteiger partial charge in [0.25, 0.3) is 0 Å². The molecular formula is C28H65N6O4+. The first-order chi connectivity index (χ1) is 18.6. The van der Waals surface area contributed by atoms with Gasteiger partial charge in [-0.3, -0.25) is 5.32 Å². The molecule has 0 bridgehead atoms. The molecule has 0 saturated carbocycles. The predicted molar refractivity (Wildman–Crippen MR) is 161 cm³/mol. The molecule has 0 atom stereocenters. The highest BCUT2D eigenvalue weighted by Crippen LogP contribution is 1.99. The Labute approximate surface area is 235 Å². The highest BCUT2D eigenvalue weighted by Gasteiger charge is 2.08. The van der Waals surface area contributed by atoms with E-state index in [0.717, 1.165) is 124 Å². The van der Waals surface area contributed by atoms with Gasteiger partial charge < -0.3 is 45.4 Å². The summed E-state index contributed by atoms with van der Waals surface area (Å²) in [6.07, 6.45) is 4.53. The van der Waals surface area contributed by atoms with Crippen molar-refractivity contribution >= 4 is 0 Å². The van der Waals surface area contributed by atoms with E-state index in [1.54, 1.807) is 0 Å². The van der Waals surface area contributed by atoms with E-state index < -0.39 is 0 Å². The van der Waals surface area contributed by atoms with Crippen molar-refractivity contribution in [2.24, 2.45) is 0 Å². The van der Waals surface area contributed by atoms with Crippen molar-refractivity contribution in [2.45, 2.75) is 46.5 Å². The molecule has 0 radical (unpaired) electrons. The first-order valence-electron chi connectivity index (χ1n) is 15.1. The fourth-order valence-corrected chi connectivity index (χ4v) is 3.76. The maximum Gasteiger partial charge on any atom is 0.136 e. The number of rotatable bonds is 26. The lowest BCUT2D eigenvalue weighted by atomic mass is 10.3. The van der Waals surface area contributed by atoms with Crippen LogP contribution in [0, 0.1) is 6.92 Å². The normalized spacial score (nSPS) is 12.4. The van der Waals surface area contributed by atoms with Crippen LogP contribution in [0.1, 0.15) is 46.5 Å². The molecule has 1 fully saturated rings. The summed E-state index contributed by atoms with van der Waals surface area (Å²) in [4.78, 5) is 6.80. The second kappa shape index (κ2) is 34.5. The van der Waals surface area contributed by atoms with E-state index in [2.05, 4.69) is 63.1 Å². The summed E-state index contributed by atoms with van der Waals surface area (Å²) in [5.41, 5.74) is 0. The summed E-state index contributed by atoms with van der Waals surface area (Å²) in [5, 5.41) is 37.1. The number of ether oxygens (including phenoxy) is 1. The van der Waals surface area contributed by atoms with Gasteiger partial charge in [0.2, 0.25) is 0 Å². The summed E-state index contributed by atoms with van der Waals surface area (Å²) in [7, 11) is 0. The first-order valence-corrected chi connectivity index (χ1v) is 15.1. The van der Waals surface area contributed by atoms with E-state index >= 15 is 0 Å². The summed E-state index contributed by atoms with van der Waals surface area (Å²) in [6, 6.07) is 0. The van der Waals surface area contributed by atoms with Crippen LogP contribution in [0.25, 0.3) is 0 Å². The lowest BCUT2D eigenvalue weighted by Crippen LogP contribution is -2.35. The van der Waals surface area contributed by atoms with Gasteiger partial charge in [-0.2, -0.15) is 0 Å². The monoisotopic (exact) mass is 550 g/mol. The molecule has 0 spiro atoms. The van der Waals surface area contributed by atoms with Gasteiger partial charge >= 0.3 is 0 Å². The Hall–Kier alpha value is -0.530. The highest BCUT2D eigenvalue weighted by atomic mass is 16.6. The fraction of sp³-hybridized carbons (Fsp3) is 0.964. The van der Waals surface area contributed by atoms with Gasteiger partial charge in [-0.05, 0) is 91.1 Å². The Balaban J connectivity index is 0. The third kappa shape index (κ3) is 33.5. The molecule has 0 amide bonds. The average Bonchev–Trinajstić information content (AvgIpc) is 3.81. The zero-order valence-corrected chi connectivity index (χ0v) is 25.3. The van der Waals surface area contributed by atoms with Crippen LogP contribution in [0.15, 0.2) is 0 Å².